The molecule has 2 fully saturated rings. The van der Waals surface area contributed by atoms with E-state index in [-0.39, 0.29) is 5.92 Å². The van der Waals surface area contributed by atoms with E-state index in [1.165, 1.54) is 0 Å². The first kappa shape index (κ1) is 20.7. The minimum absolute atomic E-state index is 0.285. The number of carbonyl (C=O) groups is 1. The standard InChI is InChI=1S/C23H32N6O/c1-2-28-13-8-18(9-14-28)15-23(30)29-12-4-5-19(17-29)20-6-3-7-21(26-20)27-22-16-24-10-11-25-22/h3,6-7,10-11,16,18-19H,2,4-5,8-9,12-15,17H2,1H3,(H,25,26,27). The number of hydrogen-bond donors (Lipinski definition) is 1. The van der Waals surface area contributed by atoms with Crippen molar-refractivity contribution < 1.29 is 4.79 Å². The van der Waals surface area contributed by atoms with E-state index < -0.39 is 0 Å². The van der Waals surface area contributed by atoms with Gasteiger partial charge in [0, 0.05) is 43.5 Å². The second-order valence-electron chi connectivity index (χ2n) is 8.42. The molecule has 0 spiro atoms. The SMILES string of the molecule is CCN1CCC(CC(=O)N2CCCC(c3cccc(Nc4cnccn4)n3)C2)CC1. The number of carbonyl (C=O) groups excluding carboxylic acids is 1. The number of rotatable bonds is 6. The fraction of sp³-hybridized carbons (Fsp3) is 0.565. The first-order chi connectivity index (χ1) is 14.7. The van der Waals surface area contributed by atoms with E-state index in [0.29, 0.717) is 24.1 Å². The van der Waals surface area contributed by atoms with Crippen LogP contribution >= 0.6 is 0 Å². The van der Waals surface area contributed by atoms with Crippen molar-refractivity contribution in [1.82, 2.24) is 24.8 Å². The van der Waals surface area contributed by atoms with Crippen molar-refractivity contribution >= 4 is 17.5 Å². The summed E-state index contributed by atoms with van der Waals surface area (Å²) in [6.07, 6.45) is 10.1. The molecule has 2 aromatic heterocycles. The van der Waals surface area contributed by atoms with E-state index in [4.69, 9.17) is 4.98 Å². The van der Waals surface area contributed by atoms with E-state index in [1.807, 2.05) is 12.1 Å². The van der Waals surface area contributed by atoms with Crippen LogP contribution in [-0.2, 0) is 4.79 Å². The molecule has 1 atom stereocenters. The first-order valence-electron chi connectivity index (χ1n) is 11.2. The van der Waals surface area contributed by atoms with Crippen molar-refractivity contribution in [3.05, 3.63) is 42.5 Å². The second kappa shape index (κ2) is 9.98. The largest absolute Gasteiger partial charge is 0.342 e. The molecule has 2 aromatic rings. The van der Waals surface area contributed by atoms with Gasteiger partial charge < -0.3 is 15.1 Å². The van der Waals surface area contributed by atoms with Crippen molar-refractivity contribution in [2.24, 2.45) is 5.92 Å². The highest BCUT2D eigenvalue weighted by Gasteiger charge is 2.28. The van der Waals surface area contributed by atoms with Gasteiger partial charge in [-0.05, 0) is 63.4 Å². The van der Waals surface area contributed by atoms with Crippen LogP contribution in [0.1, 0.15) is 50.6 Å². The Kier molecular flexibility index (Phi) is 6.89. The van der Waals surface area contributed by atoms with Gasteiger partial charge in [0.2, 0.25) is 5.91 Å². The summed E-state index contributed by atoms with van der Waals surface area (Å²) in [5.74, 6) is 2.59. The second-order valence-corrected chi connectivity index (χ2v) is 8.42. The lowest BCUT2D eigenvalue weighted by molar-refractivity contribution is -0.133. The number of nitrogens with zero attached hydrogens (tertiary/aromatic N) is 5. The fourth-order valence-corrected chi connectivity index (χ4v) is 4.57. The molecule has 0 aromatic carbocycles. The molecule has 2 aliphatic heterocycles. The Balaban J connectivity index is 1.34. The molecule has 2 aliphatic rings. The van der Waals surface area contributed by atoms with E-state index in [0.717, 1.165) is 69.9 Å². The lowest BCUT2D eigenvalue weighted by atomic mass is 9.91. The van der Waals surface area contributed by atoms with Gasteiger partial charge in [0.05, 0.1) is 6.20 Å². The molecule has 1 amide bonds. The maximum atomic E-state index is 13.0. The smallest absolute Gasteiger partial charge is 0.222 e. The number of pyridine rings is 1. The predicted octanol–water partition coefficient (Wildman–Crippen LogP) is 3.44. The molecule has 4 rings (SSSR count). The number of hydrogen-bond acceptors (Lipinski definition) is 6. The first-order valence-corrected chi connectivity index (χ1v) is 11.2. The minimum atomic E-state index is 0.285. The summed E-state index contributed by atoms with van der Waals surface area (Å²) in [7, 11) is 0. The van der Waals surface area contributed by atoms with Crippen molar-refractivity contribution in [2.75, 3.05) is 38.0 Å². The van der Waals surface area contributed by atoms with Crippen molar-refractivity contribution in [3.8, 4) is 0 Å². The zero-order valence-corrected chi connectivity index (χ0v) is 17.8. The highest BCUT2D eigenvalue weighted by Crippen LogP contribution is 2.29. The molecule has 4 heterocycles. The number of aromatic nitrogens is 3. The Labute approximate surface area is 178 Å². The summed E-state index contributed by atoms with van der Waals surface area (Å²) in [6, 6.07) is 6.02. The average molecular weight is 409 g/mol. The van der Waals surface area contributed by atoms with Crippen LogP contribution in [0.25, 0.3) is 0 Å². The molecule has 160 valence electrons. The van der Waals surface area contributed by atoms with E-state index in [1.54, 1.807) is 18.6 Å². The number of likely N-dealkylation sites (tertiary alicyclic amines) is 2. The maximum absolute atomic E-state index is 13.0. The maximum Gasteiger partial charge on any atom is 0.222 e. The zero-order chi connectivity index (χ0) is 20.8. The zero-order valence-electron chi connectivity index (χ0n) is 17.8. The summed E-state index contributed by atoms with van der Waals surface area (Å²) in [5.41, 5.74) is 1.04. The Hall–Kier alpha value is -2.54. The molecule has 0 radical (unpaired) electrons. The van der Waals surface area contributed by atoms with E-state index in [2.05, 4.69) is 38.1 Å². The molecule has 0 saturated carbocycles. The summed E-state index contributed by atoms with van der Waals surface area (Å²) in [5, 5.41) is 3.21. The number of nitrogens with one attached hydrogen (secondary N) is 1. The lowest BCUT2D eigenvalue weighted by Crippen LogP contribution is -2.41. The Morgan fingerprint density at radius 3 is 2.77 bits per heavy atom. The van der Waals surface area contributed by atoms with Crippen LogP contribution in [0.15, 0.2) is 36.8 Å². The third-order valence-corrected chi connectivity index (χ3v) is 6.40. The van der Waals surface area contributed by atoms with E-state index in [9.17, 15) is 4.79 Å². The van der Waals surface area contributed by atoms with Crippen LogP contribution in [0, 0.1) is 5.92 Å². The molecule has 7 heteroatoms. The van der Waals surface area contributed by atoms with Crippen LogP contribution < -0.4 is 5.32 Å². The van der Waals surface area contributed by atoms with Gasteiger partial charge in [-0.15, -0.1) is 0 Å². The molecule has 1 N–H and O–H groups in total. The number of anilines is 2. The van der Waals surface area contributed by atoms with Gasteiger partial charge in [0.15, 0.2) is 0 Å². The molecule has 0 bridgehead atoms. The van der Waals surface area contributed by atoms with Crippen molar-refractivity contribution in [3.63, 3.8) is 0 Å². The molecule has 2 saturated heterocycles. The van der Waals surface area contributed by atoms with Gasteiger partial charge in [-0.3, -0.25) is 9.78 Å². The molecular weight excluding hydrogens is 376 g/mol. The molecule has 0 aliphatic carbocycles. The van der Waals surface area contributed by atoms with Crippen LogP contribution in [0.2, 0.25) is 0 Å². The molecule has 7 nitrogen and oxygen atoms in total. The number of piperidine rings is 2. The van der Waals surface area contributed by atoms with Crippen molar-refractivity contribution in [2.45, 2.75) is 44.9 Å². The highest BCUT2D eigenvalue weighted by atomic mass is 16.2. The quantitative estimate of drug-likeness (QED) is 0.789. The minimum Gasteiger partial charge on any atom is -0.342 e. The molecule has 1 unspecified atom stereocenters. The monoisotopic (exact) mass is 408 g/mol. The van der Waals surface area contributed by atoms with Gasteiger partial charge >= 0.3 is 0 Å². The predicted molar refractivity (Wildman–Crippen MR) is 118 cm³/mol. The van der Waals surface area contributed by atoms with E-state index >= 15 is 0 Å². The molecular formula is C23H32N6O. The Morgan fingerprint density at radius 2 is 2.00 bits per heavy atom. The summed E-state index contributed by atoms with van der Waals surface area (Å²) >= 11 is 0. The van der Waals surface area contributed by atoms with Gasteiger partial charge in [-0.25, -0.2) is 9.97 Å². The van der Waals surface area contributed by atoms with Gasteiger partial charge in [0.1, 0.15) is 11.6 Å². The molecule has 30 heavy (non-hydrogen) atoms. The van der Waals surface area contributed by atoms with Gasteiger partial charge in [0.25, 0.3) is 0 Å². The fourth-order valence-electron chi connectivity index (χ4n) is 4.57. The van der Waals surface area contributed by atoms with Crippen LogP contribution in [-0.4, -0.2) is 63.4 Å². The topological polar surface area (TPSA) is 74.2 Å². The third-order valence-electron chi connectivity index (χ3n) is 6.40. The van der Waals surface area contributed by atoms with Crippen LogP contribution in [0.4, 0.5) is 11.6 Å². The third kappa shape index (κ3) is 5.33. The average Bonchev–Trinajstić information content (AvgIpc) is 2.80. The lowest BCUT2D eigenvalue weighted by Gasteiger charge is -2.35. The van der Waals surface area contributed by atoms with Crippen LogP contribution in [0.5, 0.6) is 0 Å². The highest BCUT2D eigenvalue weighted by molar-refractivity contribution is 5.76. The normalized spacial score (nSPS) is 20.8. The van der Waals surface area contributed by atoms with Crippen molar-refractivity contribution in [1.29, 1.82) is 0 Å². The summed E-state index contributed by atoms with van der Waals surface area (Å²) in [6.45, 7) is 7.24. The Bertz CT molecular complexity index is 821. The van der Waals surface area contributed by atoms with Gasteiger partial charge in [-0.1, -0.05) is 13.0 Å². The Morgan fingerprint density at radius 1 is 1.13 bits per heavy atom. The summed E-state index contributed by atoms with van der Waals surface area (Å²) in [4.78, 5) is 30.6. The number of amides is 1. The van der Waals surface area contributed by atoms with Crippen LogP contribution in [0.3, 0.4) is 0 Å². The van der Waals surface area contributed by atoms with Gasteiger partial charge in [-0.2, -0.15) is 0 Å². The summed E-state index contributed by atoms with van der Waals surface area (Å²) < 4.78 is 0.